The van der Waals surface area contributed by atoms with Gasteiger partial charge in [-0.15, -0.1) is 0 Å². The monoisotopic (exact) mass is 1440 g/mol. The lowest BCUT2D eigenvalue weighted by molar-refractivity contribution is -0.297. The fraction of sp³-hybridized carbons (Fsp3) is 0.676. The van der Waals surface area contributed by atoms with Gasteiger partial charge in [-0.3, -0.25) is 28.6 Å². The third kappa shape index (κ3) is 21.2. The second-order valence-corrected chi connectivity index (χ2v) is 30.3. The minimum Gasteiger partial charge on any atom is -0.456 e. The molecule has 6 N–H and O–H groups in total. The number of aromatic amines is 1. The summed E-state index contributed by atoms with van der Waals surface area (Å²) in [5, 5.41) is 27.4. The Kier molecular flexibility index (Phi) is 29.7. The van der Waals surface area contributed by atoms with Crippen LogP contribution in [0.15, 0.2) is 64.6 Å². The van der Waals surface area contributed by atoms with E-state index in [0.717, 1.165) is 74.2 Å². The molecule has 13 atom stereocenters. The number of hydrogen-bond donors (Lipinski definition) is 5. The van der Waals surface area contributed by atoms with Gasteiger partial charge in [-0.2, -0.15) is 13.2 Å². The molecule has 8 rings (SSSR count). The first-order chi connectivity index (χ1) is 47.7. The number of alkyl halides is 3. The highest BCUT2D eigenvalue weighted by Gasteiger charge is 2.56. The molecule has 1 saturated carbocycles. The van der Waals surface area contributed by atoms with E-state index in [1.807, 2.05) is 32.9 Å². The van der Waals surface area contributed by atoms with E-state index in [0.29, 0.717) is 61.4 Å². The van der Waals surface area contributed by atoms with Crippen molar-refractivity contribution in [2.24, 2.45) is 35.5 Å². The molecule has 554 valence electrons. The molecule has 9 unspecified atom stereocenters. The van der Waals surface area contributed by atoms with Gasteiger partial charge in [0.1, 0.15) is 47.4 Å². The molecule has 5 aliphatic rings. The van der Waals surface area contributed by atoms with Crippen LogP contribution < -0.4 is 21.6 Å². The number of pyridine rings is 2. The summed E-state index contributed by atoms with van der Waals surface area (Å²) in [6.45, 7) is 12.2. The number of halogens is 3. The number of anilines is 2. The molecule has 0 radical (unpaired) electrons. The largest absolute Gasteiger partial charge is 0.456 e. The number of aromatic nitrogens is 4. The normalized spacial score (nSPS) is 29.0. The summed E-state index contributed by atoms with van der Waals surface area (Å²) in [4.78, 5) is 114. The molecule has 3 saturated heterocycles. The number of amides is 3. The van der Waals surface area contributed by atoms with E-state index in [9.17, 15) is 56.9 Å². The van der Waals surface area contributed by atoms with Crippen LogP contribution in [0.5, 0.6) is 0 Å². The van der Waals surface area contributed by atoms with Crippen molar-refractivity contribution in [2.75, 3.05) is 96.0 Å². The number of ketones is 2. The fourth-order valence-electron chi connectivity index (χ4n) is 14.6. The number of nitrogens with zero attached hydrogens (tertiary/aromatic N) is 6. The van der Waals surface area contributed by atoms with Crippen LogP contribution in [0.1, 0.15) is 142 Å². The van der Waals surface area contributed by atoms with Gasteiger partial charge in [-0.25, -0.2) is 24.4 Å². The maximum Gasteiger partial charge on any atom is 0.433 e. The van der Waals surface area contributed by atoms with E-state index in [-0.39, 0.29) is 105 Å². The number of carbonyl (C=O) groups is 6. The molecule has 4 fully saturated rings. The van der Waals surface area contributed by atoms with E-state index < -0.39 is 107 Å². The number of allylic oxidation sites excluding steroid dienone is 4. The Morgan fingerprint density at radius 1 is 0.950 bits per heavy atom. The van der Waals surface area contributed by atoms with Gasteiger partial charge in [-0.1, -0.05) is 85.1 Å². The molecular weight excluding hydrogens is 1340 g/mol. The number of H-pyrrole nitrogens is 1. The molecule has 3 aromatic rings. The van der Waals surface area contributed by atoms with Gasteiger partial charge >= 0.3 is 23.9 Å². The maximum absolute atomic E-state index is 14.7. The van der Waals surface area contributed by atoms with Crippen molar-refractivity contribution in [3.05, 3.63) is 81.6 Å². The van der Waals surface area contributed by atoms with Crippen LogP contribution in [0, 0.1) is 35.5 Å². The molecular formula is C71H102F3N9O15S2. The quantitative estimate of drug-likeness (QED) is 0.0156. The highest BCUT2D eigenvalue weighted by Crippen LogP contribution is 2.41. The van der Waals surface area contributed by atoms with Gasteiger partial charge in [0.15, 0.2) is 0 Å². The van der Waals surface area contributed by atoms with Crippen LogP contribution in [0.2, 0.25) is 0 Å². The third-order valence-corrected chi connectivity index (χ3v) is 22.4. The molecule has 100 heavy (non-hydrogen) atoms. The van der Waals surface area contributed by atoms with Crippen LogP contribution >= 0.6 is 21.6 Å². The summed E-state index contributed by atoms with van der Waals surface area (Å²) in [5.41, 5.74) is 5.77. The first-order valence-corrected chi connectivity index (χ1v) is 37.6. The zero-order chi connectivity index (χ0) is 72.4. The summed E-state index contributed by atoms with van der Waals surface area (Å²) < 4.78 is 78.0. The first-order valence-electron chi connectivity index (χ1n) is 35.1. The molecule has 0 spiro atoms. The molecule has 2 bridgehead atoms. The topological polar surface area (TPSA) is 310 Å². The SMILES string of the molecule is COCC1CC(C)C/C(C)=C\[C@H](C/C=C/C(=O)NCCSSCCOC(=O)N(CCN2CCCCC2)c2ccc(Cn3c(=O)[nH]c4c(N)nc(C(F)(F)F)cc43)cn2)C(=O)CC(O)[C@@H](C)[C@@H](/C(C)=C/[C@@H]2CCCC(OC)C2)OC(=O)C2CCCCN2C(=O)C(=O)C2(O)OC1C(OC)CC2C. The predicted octanol–water partition coefficient (Wildman–Crippen LogP) is 9.00. The Hall–Kier alpha value is -6.18. The number of cyclic esters (lactones) is 1. The van der Waals surface area contributed by atoms with Crippen molar-refractivity contribution < 1.29 is 80.6 Å². The number of Topliss-reactive ketones (excluding diaryl/α,β-unsaturated/α-hetero) is 2. The number of ether oxygens (including phenoxy) is 6. The molecule has 24 nitrogen and oxygen atoms in total. The Labute approximate surface area is 591 Å². The van der Waals surface area contributed by atoms with Crippen LogP contribution in [-0.4, -0.2) is 203 Å². The number of imidazole rings is 1. The number of aliphatic hydroxyl groups is 2. The van der Waals surface area contributed by atoms with Crippen molar-refractivity contribution >= 4 is 79.7 Å². The number of aliphatic hydroxyl groups excluding tert-OH is 1. The van der Waals surface area contributed by atoms with Crippen molar-refractivity contribution in [3.8, 4) is 0 Å². The smallest absolute Gasteiger partial charge is 0.433 e. The third-order valence-electron chi connectivity index (χ3n) is 20.0. The molecule has 3 amide bonds. The van der Waals surface area contributed by atoms with Gasteiger partial charge in [0.05, 0.1) is 43.1 Å². The van der Waals surface area contributed by atoms with Crippen molar-refractivity contribution in [1.29, 1.82) is 0 Å². The number of nitrogens with one attached hydrogen (secondary N) is 2. The van der Waals surface area contributed by atoms with Crippen molar-refractivity contribution in [2.45, 2.75) is 186 Å². The summed E-state index contributed by atoms with van der Waals surface area (Å²) >= 11 is 0. The Morgan fingerprint density at radius 2 is 1.70 bits per heavy atom. The van der Waals surface area contributed by atoms with Crippen LogP contribution in [0.4, 0.5) is 29.6 Å². The molecule has 7 heterocycles. The average molecular weight is 1440 g/mol. The predicted molar refractivity (Wildman–Crippen MR) is 375 cm³/mol. The minimum absolute atomic E-state index is 0.0225. The van der Waals surface area contributed by atoms with Gasteiger partial charge < -0.3 is 64.5 Å². The van der Waals surface area contributed by atoms with Crippen molar-refractivity contribution in [1.82, 2.24) is 34.6 Å². The van der Waals surface area contributed by atoms with E-state index >= 15 is 0 Å². The lowest BCUT2D eigenvalue weighted by Gasteiger charge is -2.47. The number of rotatable bonds is 22. The number of nitrogen functional groups attached to an aromatic ring is 1. The summed E-state index contributed by atoms with van der Waals surface area (Å²) in [6, 6.07) is 2.80. The highest BCUT2D eigenvalue weighted by atomic mass is 33.1. The van der Waals surface area contributed by atoms with Crippen molar-refractivity contribution in [3.63, 3.8) is 0 Å². The number of likely N-dealkylation sites (tertiary alicyclic amines) is 1. The van der Waals surface area contributed by atoms with Crippen LogP contribution in [0.3, 0.4) is 0 Å². The minimum atomic E-state index is -4.79. The van der Waals surface area contributed by atoms with Crippen LogP contribution in [0.25, 0.3) is 11.0 Å². The number of hydrogen-bond acceptors (Lipinski definition) is 21. The number of methoxy groups -OCH3 is 3. The van der Waals surface area contributed by atoms with E-state index in [2.05, 4.69) is 25.2 Å². The average Bonchev–Trinajstić information content (AvgIpc) is 0.992. The molecule has 3 aromatic heterocycles. The van der Waals surface area contributed by atoms with Gasteiger partial charge in [0.25, 0.3) is 11.7 Å². The Balaban J connectivity index is 0.907. The standard InChI is InChI=1S/C71H102F3N9O15S2/c1-43-32-44(2)34-51(42-93-6)63-57(95-8)36-46(4)70(92,98-63)64(87)66(88)81-26-13-10-19-53(81)67(89)97-62(45(3)35-48-16-14-18-52(37-48)94-7)47(5)55(84)39-56(85)50(33-43)17-15-20-60(86)76-23-30-99-100-31-29-96-69(91)82(28-27-80-24-11-9-12-25-80)59-22-21-49(40-77-59)41-83-54-38-58(71(72,73)74)78-65(75)61(54)79-68(83)90/h15,20-22,33,35,38,40,44,46-48,50-53,55,57,62-63,84,92H,9-14,16-19,23-32,34,36-37,39,41-42H2,1-8H3,(H2,75,78)(H,76,86)(H,79,90)/b20-15+,43-33-,45-35+/t44?,46?,47-,48+,50+,51?,52?,53?,55?,57?,62-,63?,70?/m1/s1. The fourth-order valence-corrected chi connectivity index (χ4v) is 16.3. The highest BCUT2D eigenvalue weighted by molar-refractivity contribution is 8.76. The second-order valence-electron chi connectivity index (χ2n) is 27.6. The molecule has 29 heteroatoms. The number of fused-ring (bicyclic) bond motifs is 4. The summed E-state index contributed by atoms with van der Waals surface area (Å²) in [7, 11) is 7.67. The van der Waals surface area contributed by atoms with E-state index in [1.165, 1.54) is 50.8 Å². The number of piperidine rings is 2. The zero-order valence-electron chi connectivity index (χ0n) is 58.8. The number of esters is 1. The van der Waals surface area contributed by atoms with Gasteiger partial charge in [0.2, 0.25) is 11.7 Å². The van der Waals surface area contributed by atoms with E-state index in [1.54, 1.807) is 46.3 Å². The lowest BCUT2D eigenvalue weighted by atomic mass is 9.79. The molecule has 4 aliphatic heterocycles. The van der Waals surface area contributed by atoms with Gasteiger partial charge in [0, 0.05) is 95.3 Å². The Morgan fingerprint density at radius 3 is 2.41 bits per heavy atom. The maximum atomic E-state index is 14.7. The summed E-state index contributed by atoms with van der Waals surface area (Å²) in [5.74, 6) is -8.45. The number of carbonyl (C=O) groups excluding carboxylic acids is 6. The lowest BCUT2D eigenvalue weighted by Crippen LogP contribution is -2.64. The summed E-state index contributed by atoms with van der Waals surface area (Å²) in [6.07, 6.45) is 7.99. The van der Waals surface area contributed by atoms with Gasteiger partial charge in [-0.05, 0) is 145 Å². The second kappa shape index (κ2) is 37.3. The first kappa shape index (κ1) is 79.5. The molecule has 1 aliphatic carbocycles. The van der Waals surface area contributed by atoms with E-state index in [4.69, 9.17) is 34.2 Å². The number of nitrogens with two attached hydrogens (primary N) is 1. The Bertz CT molecular complexity index is 3420. The van der Waals surface area contributed by atoms with Crippen LogP contribution in [-0.2, 0) is 65.1 Å². The molecule has 0 aromatic carbocycles. The zero-order valence-corrected chi connectivity index (χ0v) is 60.5.